The summed E-state index contributed by atoms with van der Waals surface area (Å²) in [4.78, 5) is 20.7. The number of nitrogens with zero attached hydrogens (tertiary/aromatic N) is 3. The van der Waals surface area contributed by atoms with Gasteiger partial charge in [0.25, 0.3) is 5.91 Å². The zero-order valence-corrected chi connectivity index (χ0v) is 14.7. The van der Waals surface area contributed by atoms with Gasteiger partial charge in [-0.05, 0) is 25.1 Å². The van der Waals surface area contributed by atoms with Gasteiger partial charge in [0.1, 0.15) is 10.8 Å². The molecule has 1 aromatic carbocycles. The molecule has 3 rings (SSSR count). The number of aromatic hydroxyl groups is 1. The zero-order chi connectivity index (χ0) is 19.8. The molecule has 2 aromatic rings. The summed E-state index contributed by atoms with van der Waals surface area (Å²) in [5, 5.41) is 13.0. The number of carbonyl (C=O) groups excluding carboxylic acids is 1. The molecule has 1 aliphatic heterocycles. The molecule has 0 radical (unpaired) electrons. The Bertz CT molecular complexity index is 898. The monoisotopic (exact) mass is 400 g/mol. The number of benzene rings is 1. The largest absolute Gasteiger partial charge is 0.508 e. The van der Waals surface area contributed by atoms with E-state index in [9.17, 15) is 23.1 Å². The van der Waals surface area contributed by atoms with Crippen LogP contribution in [0.5, 0.6) is 5.75 Å². The van der Waals surface area contributed by atoms with Crippen LogP contribution in [0.1, 0.15) is 20.2 Å². The van der Waals surface area contributed by atoms with Crippen LogP contribution in [0, 0.1) is 6.92 Å². The summed E-state index contributed by atoms with van der Waals surface area (Å²) in [6, 6.07) is 3.70. The molecule has 27 heavy (non-hydrogen) atoms. The van der Waals surface area contributed by atoms with Gasteiger partial charge in [-0.25, -0.2) is 9.98 Å². The second-order valence-corrected chi connectivity index (χ2v) is 7.04. The first-order chi connectivity index (χ1) is 12.6. The molecule has 0 bridgehead atoms. The standard InChI is InChI=1S/C15H15F3N6O2S/c1-7-5-20-11(27-7)6-24-13(15(16,17)18)22-14(23-24)21-12(26)9-4-8(25)2-3-10(9)19/h2-5,13,25H,6,19H2,1H3,(H2,21,22,23,26). The van der Waals surface area contributed by atoms with Crippen LogP contribution in [0.4, 0.5) is 18.9 Å². The molecule has 2 heterocycles. The number of hydrazine groups is 1. The summed E-state index contributed by atoms with van der Waals surface area (Å²) in [5.74, 6) is -1.38. The van der Waals surface area contributed by atoms with Crippen molar-refractivity contribution in [2.75, 3.05) is 5.73 Å². The first kappa shape index (κ1) is 18.9. The molecule has 12 heteroatoms. The molecule has 5 N–H and O–H groups in total. The number of aryl methyl sites for hydroxylation is 1. The number of nitrogens with two attached hydrogens (primary N) is 1. The maximum absolute atomic E-state index is 13.3. The SMILES string of the molecule is Cc1cnc(CN2NC(NC(=O)c3cc(O)ccc3N)=NC2C(F)(F)F)s1. The second-order valence-electron chi connectivity index (χ2n) is 5.72. The fraction of sp³-hybridized carbons (Fsp3) is 0.267. The number of nitrogen functional groups attached to an aromatic ring is 1. The van der Waals surface area contributed by atoms with Crippen LogP contribution in [-0.4, -0.2) is 39.3 Å². The Labute approximate surface area is 155 Å². The Balaban J connectivity index is 1.77. The van der Waals surface area contributed by atoms with E-state index in [2.05, 4.69) is 20.7 Å². The van der Waals surface area contributed by atoms with Gasteiger partial charge in [0, 0.05) is 16.8 Å². The molecule has 0 aliphatic carbocycles. The van der Waals surface area contributed by atoms with Crippen molar-refractivity contribution in [2.45, 2.75) is 25.8 Å². The predicted octanol–water partition coefficient (Wildman–Crippen LogP) is 1.73. The van der Waals surface area contributed by atoms with Crippen molar-refractivity contribution in [1.82, 2.24) is 20.7 Å². The molecule has 1 unspecified atom stereocenters. The van der Waals surface area contributed by atoms with Crippen molar-refractivity contribution in [3.05, 3.63) is 39.8 Å². The molecular formula is C15H15F3N6O2S. The Morgan fingerprint density at radius 3 is 2.85 bits per heavy atom. The van der Waals surface area contributed by atoms with Crippen LogP contribution in [-0.2, 0) is 6.54 Å². The molecule has 1 atom stereocenters. The van der Waals surface area contributed by atoms with Crippen molar-refractivity contribution in [1.29, 1.82) is 0 Å². The molecule has 1 amide bonds. The van der Waals surface area contributed by atoms with E-state index in [0.717, 1.165) is 16.0 Å². The second kappa shape index (κ2) is 7.04. The number of alkyl halides is 3. The van der Waals surface area contributed by atoms with E-state index in [-0.39, 0.29) is 29.5 Å². The average molecular weight is 400 g/mol. The Kier molecular flexibility index (Phi) is 4.93. The lowest BCUT2D eigenvalue weighted by atomic mass is 10.1. The van der Waals surface area contributed by atoms with Gasteiger partial charge in [0.15, 0.2) is 0 Å². The lowest BCUT2D eigenvalue weighted by Gasteiger charge is -2.23. The van der Waals surface area contributed by atoms with Gasteiger partial charge < -0.3 is 10.8 Å². The summed E-state index contributed by atoms with van der Waals surface area (Å²) in [7, 11) is 0. The zero-order valence-electron chi connectivity index (χ0n) is 13.9. The fourth-order valence-electron chi connectivity index (χ4n) is 2.39. The summed E-state index contributed by atoms with van der Waals surface area (Å²) >= 11 is 1.26. The molecule has 0 saturated heterocycles. The summed E-state index contributed by atoms with van der Waals surface area (Å²) in [6.07, 6.45) is -5.28. The Hall–Kier alpha value is -2.86. The van der Waals surface area contributed by atoms with Crippen molar-refractivity contribution in [2.24, 2.45) is 4.99 Å². The Morgan fingerprint density at radius 1 is 1.48 bits per heavy atom. The minimum absolute atomic E-state index is 0.0615. The highest BCUT2D eigenvalue weighted by atomic mass is 32.1. The number of hydrogen-bond acceptors (Lipinski definition) is 8. The van der Waals surface area contributed by atoms with E-state index < -0.39 is 18.2 Å². The number of anilines is 1. The third kappa shape index (κ3) is 4.28. The van der Waals surface area contributed by atoms with Crippen LogP contribution in [0.2, 0.25) is 0 Å². The van der Waals surface area contributed by atoms with E-state index in [1.807, 2.05) is 0 Å². The minimum Gasteiger partial charge on any atom is -0.508 e. The smallest absolute Gasteiger partial charge is 0.426 e. The van der Waals surface area contributed by atoms with E-state index in [1.165, 1.54) is 23.5 Å². The fourth-order valence-corrected chi connectivity index (χ4v) is 3.18. The van der Waals surface area contributed by atoms with Gasteiger partial charge in [-0.3, -0.25) is 15.5 Å². The van der Waals surface area contributed by atoms with E-state index in [0.29, 0.717) is 5.01 Å². The van der Waals surface area contributed by atoms with Gasteiger partial charge in [-0.2, -0.15) is 18.2 Å². The quantitative estimate of drug-likeness (QED) is 0.461. The number of nitrogens with one attached hydrogen (secondary N) is 2. The first-order valence-corrected chi connectivity index (χ1v) is 8.44. The van der Waals surface area contributed by atoms with Gasteiger partial charge >= 0.3 is 6.18 Å². The number of aliphatic imine (C=N–C) groups is 1. The number of rotatable bonds is 3. The van der Waals surface area contributed by atoms with Crippen molar-refractivity contribution in [3.63, 3.8) is 0 Å². The van der Waals surface area contributed by atoms with Gasteiger partial charge in [0.05, 0.1) is 12.1 Å². The number of carbonyl (C=O) groups is 1. The van der Waals surface area contributed by atoms with Crippen molar-refractivity contribution in [3.8, 4) is 5.75 Å². The maximum Gasteiger partial charge on any atom is 0.426 e. The number of aromatic nitrogens is 1. The number of amides is 1. The van der Waals surface area contributed by atoms with Gasteiger partial charge in [-0.1, -0.05) is 0 Å². The normalized spacial score (nSPS) is 17.5. The third-order valence-corrected chi connectivity index (χ3v) is 4.47. The van der Waals surface area contributed by atoms with Gasteiger partial charge in [0.2, 0.25) is 12.1 Å². The molecule has 0 saturated carbocycles. The van der Waals surface area contributed by atoms with Crippen molar-refractivity contribution < 1.29 is 23.1 Å². The lowest BCUT2D eigenvalue weighted by molar-refractivity contribution is -0.183. The van der Waals surface area contributed by atoms with Crippen molar-refractivity contribution >= 4 is 28.9 Å². The number of phenols is 1. The average Bonchev–Trinajstić information content (AvgIpc) is 3.16. The lowest BCUT2D eigenvalue weighted by Crippen LogP contribution is -2.49. The molecule has 0 fully saturated rings. The minimum atomic E-state index is -4.66. The number of halogens is 3. The van der Waals surface area contributed by atoms with Crippen LogP contribution >= 0.6 is 11.3 Å². The molecule has 0 spiro atoms. The highest BCUT2D eigenvalue weighted by Gasteiger charge is 2.48. The third-order valence-electron chi connectivity index (χ3n) is 3.58. The van der Waals surface area contributed by atoms with Gasteiger partial charge in [-0.15, -0.1) is 11.3 Å². The summed E-state index contributed by atoms with van der Waals surface area (Å²) < 4.78 is 39.9. The van der Waals surface area contributed by atoms with E-state index in [1.54, 1.807) is 13.1 Å². The molecule has 1 aromatic heterocycles. The summed E-state index contributed by atoms with van der Waals surface area (Å²) in [6.45, 7) is 1.64. The topological polar surface area (TPSA) is 116 Å². The molecular weight excluding hydrogens is 385 g/mol. The van der Waals surface area contributed by atoms with Crippen LogP contribution in [0.25, 0.3) is 0 Å². The molecule has 8 nitrogen and oxygen atoms in total. The van der Waals surface area contributed by atoms with Crippen LogP contribution in [0.3, 0.4) is 0 Å². The number of phenolic OH excluding ortho intramolecular Hbond substituents is 1. The van der Waals surface area contributed by atoms with Crippen LogP contribution in [0.15, 0.2) is 29.4 Å². The highest BCUT2D eigenvalue weighted by Crippen LogP contribution is 2.29. The number of guanidine groups is 1. The predicted molar refractivity (Wildman–Crippen MR) is 92.8 cm³/mol. The molecule has 144 valence electrons. The maximum atomic E-state index is 13.3. The summed E-state index contributed by atoms with van der Waals surface area (Å²) in [5.41, 5.74) is 8.07. The van der Waals surface area contributed by atoms with E-state index in [4.69, 9.17) is 5.73 Å². The number of hydrogen-bond donors (Lipinski definition) is 4. The van der Waals surface area contributed by atoms with E-state index >= 15 is 0 Å². The Morgan fingerprint density at radius 2 is 2.22 bits per heavy atom. The number of thiazole rings is 1. The molecule has 1 aliphatic rings. The van der Waals surface area contributed by atoms with Crippen LogP contribution < -0.4 is 16.5 Å². The highest BCUT2D eigenvalue weighted by molar-refractivity contribution is 7.11. The first-order valence-electron chi connectivity index (χ1n) is 7.62.